The molecule has 0 aromatic carbocycles. The lowest BCUT2D eigenvalue weighted by Gasteiger charge is -2.20. The van der Waals surface area contributed by atoms with Crippen LogP contribution in [0, 0.1) is 0 Å². The lowest BCUT2D eigenvalue weighted by Crippen LogP contribution is -2.33. The number of hydrogen-bond acceptors (Lipinski definition) is 4. The first-order valence-corrected chi connectivity index (χ1v) is 4.75. The van der Waals surface area contributed by atoms with E-state index in [1.165, 1.54) is 0 Å². The molecular formula is C5H9FO4S. The van der Waals surface area contributed by atoms with Crippen LogP contribution >= 0.6 is 0 Å². The van der Waals surface area contributed by atoms with E-state index in [1.54, 1.807) is 0 Å². The Balaban J connectivity index is 2.36. The Morgan fingerprint density at radius 2 is 2.18 bits per heavy atom. The second-order valence-electron chi connectivity index (χ2n) is 2.27. The molecule has 0 aliphatic carbocycles. The summed E-state index contributed by atoms with van der Waals surface area (Å²) in [5.74, 6) is -0.604. The maximum absolute atomic E-state index is 12.0. The number of halogens is 1. The fourth-order valence-electron chi connectivity index (χ4n) is 0.855. The Morgan fingerprint density at radius 1 is 1.45 bits per heavy atom. The molecule has 1 saturated heterocycles. The molecule has 1 aliphatic heterocycles. The fourth-order valence-corrected chi connectivity index (χ4v) is 1.49. The van der Waals surface area contributed by atoms with Crippen molar-refractivity contribution in [1.82, 2.24) is 0 Å². The topological polar surface area (TPSA) is 52.6 Å². The lowest BCUT2D eigenvalue weighted by molar-refractivity contribution is -0.0784. The van der Waals surface area contributed by atoms with E-state index in [0.29, 0.717) is 13.2 Å². The first-order chi connectivity index (χ1) is 5.08. The van der Waals surface area contributed by atoms with Crippen molar-refractivity contribution in [3.63, 3.8) is 0 Å². The second kappa shape index (κ2) is 3.46. The Hall–Kier alpha value is -0.200. The van der Waals surface area contributed by atoms with Crippen molar-refractivity contribution < 1.29 is 21.8 Å². The van der Waals surface area contributed by atoms with Gasteiger partial charge in [-0.15, -0.1) is 3.89 Å². The molecule has 0 spiro atoms. The van der Waals surface area contributed by atoms with Crippen LogP contribution in [0.25, 0.3) is 0 Å². The Bertz CT molecular complexity index is 207. The molecule has 4 nitrogen and oxygen atoms in total. The molecule has 11 heavy (non-hydrogen) atoms. The normalized spacial score (nSPS) is 26.8. The van der Waals surface area contributed by atoms with Crippen molar-refractivity contribution in [2.75, 3.05) is 25.6 Å². The van der Waals surface area contributed by atoms with Crippen LogP contribution < -0.4 is 0 Å². The van der Waals surface area contributed by atoms with Gasteiger partial charge in [0, 0.05) is 0 Å². The molecule has 0 amide bonds. The van der Waals surface area contributed by atoms with Gasteiger partial charge in [0.05, 0.1) is 25.9 Å². The van der Waals surface area contributed by atoms with Crippen molar-refractivity contribution in [2.45, 2.75) is 6.10 Å². The van der Waals surface area contributed by atoms with Gasteiger partial charge in [0.25, 0.3) is 0 Å². The van der Waals surface area contributed by atoms with Gasteiger partial charge in [-0.2, -0.15) is 8.42 Å². The molecule has 66 valence electrons. The van der Waals surface area contributed by atoms with E-state index in [0.717, 1.165) is 0 Å². The smallest absolute Gasteiger partial charge is 0.305 e. The third-order valence-corrected chi connectivity index (χ3v) is 2.04. The molecule has 0 aromatic rings. The summed E-state index contributed by atoms with van der Waals surface area (Å²) in [5.41, 5.74) is 0. The van der Waals surface area contributed by atoms with Gasteiger partial charge in [0.15, 0.2) is 0 Å². The Morgan fingerprint density at radius 3 is 2.64 bits per heavy atom. The number of rotatable bonds is 2. The van der Waals surface area contributed by atoms with Crippen molar-refractivity contribution in [1.29, 1.82) is 0 Å². The molecule has 1 heterocycles. The summed E-state index contributed by atoms with van der Waals surface area (Å²) < 4.78 is 42.0. The van der Waals surface area contributed by atoms with Gasteiger partial charge in [0.2, 0.25) is 0 Å². The third-order valence-electron chi connectivity index (χ3n) is 1.27. The zero-order valence-corrected chi connectivity index (χ0v) is 6.64. The van der Waals surface area contributed by atoms with Crippen molar-refractivity contribution in [3.05, 3.63) is 0 Å². The molecule has 0 radical (unpaired) electrons. The van der Waals surface area contributed by atoms with Crippen LogP contribution in [0.5, 0.6) is 0 Å². The molecule has 6 heteroatoms. The lowest BCUT2D eigenvalue weighted by atomic mass is 10.4. The van der Waals surface area contributed by atoms with Gasteiger partial charge in [-0.25, -0.2) is 0 Å². The SMILES string of the molecule is O=S(=O)(F)CC1COCCO1. The van der Waals surface area contributed by atoms with Crippen LogP contribution in [0.15, 0.2) is 0 Å². The van der Waals surface area contributed by atoms with Crippen LogP contribution in [0.1, 0.15) is 0 Å². The first-order valence-electron chi connectivity index (χ1n) is 3.19. The second-order valence-corrected chi connectivity index (χ2v) is 3.68. The zero-order valence-electron chi connectivity index (χ0n) is 5.82. The molecule has 1 atom stereocenters. The van der Waals surface area contributed by atoms with Crippen LogP contribution in [0.2, 0.25) is 0 Å². The summed E-state index contributed by atoms with van der Waals surface area (Å²) in [6.45, 7) is 0.937. The third kappa shape index (κ3) is 3.64. The zero-order chi connectivity index (χ0) is 8.32. The van der Waals surface area contributed by atoms with Crippen molar-refractivity contribution in [2.24, 2.45) is 0 Å². The van der Waals surface area contributed by atoms with E-state index in [-0.39, 0.29) is 6.61 Å². The van der Waals surface area contributed by atoms with E-state index >= 15 is 0 Å². The number of ether oxygens (including phenoxy) is 2. The maximum atomic E-state index is 12.0. The van der Waals surface area contributed by atoms with Crippen molar-refractivity contribution >= 4 is 10.2 Å². The molecule has 1 rings (SSSR count). The Labute approximate surface area is 64.5 Å². The molecule has 1 fully saturated rings. The van der Waals surface area contributed by atoms with Crippen LogP contribution in [0.3, 0.4) is 0 Å². The predicted molar refractivity (Wildman–Crippen MR) is 35.5 cm³/mol. The highest BCUT2D eigenvalue weighted by Crippen LogP contribution is 2.04. The Kier molecular flexibility index (Phi) is 2.80. The average molecular weight is 184 g/mol. The highest BCUT2D eigenvalue weighted by Gasteiger charge is 2.21. The van der Waals surface area contributed by atoms with Gasteiger partial charge in [0.1, 0.15) is 5.75 Å². The largest absolute Gasteiger partial charge is 0.376 e. The number of hydrogen-bond donors (Lipinski definition) is 0. The average Bonchev–Trinajstić information content (AvgIpc) is 1.85. The quantitative estimate of drug-likeness (QED) is 0.553. The molecule has 1 aliphatic rings. The summed E-state index contributed by atoms with van der Waals surface area (Å²) in [6.07, 6.45) is -0.640. The minimum absolute atomic E-state index is 0.156. The van der Waals surface area contributed by atoms with E-state index < -0.39 is 22.1 Å². The first kappa shape index (κ1) is 8.89. The minimum atomic E-state index is -4.43. The summed E-state index contributed by atoms with van der Waals surface area (Å²) >= 11 is 0. The molecule has 0 saturated carbocycles. The van der Waals surface area contributed by atoms with Crippen LogP contribution in [0.4, 0.5) is 3.89 Å². The summed E-state index contributed by atoms with van der Waals surface area (Å²) in [4.78, 5) is 0. The van der Waals surface area contributed by atoms with Gasteiger partial charge in [-0.05, 0) is 0 Å². The molecule has 1 unspecified atom stereocenters. The van der Waals surface area contributed by atoms with Gasteiger partial charge >= 0.3 is 10.2 Å². The van der Waals surface area contributed by atoms with Crippen molar-refractivity contribution in [3.8, 4) is 0 Å². The highest BCUT2D eigenvalue weighted by molar-refractivity contribution is 7.86. The van der Waals surface area contributed by atoms with E-state index in [9.17, 15) is 12.3 Å². The standard InChI is InChI=1S/C5H9FO4S/c6-11(7,8)4-5-3-9-1-2-10-5/h5H,1-4H2. The monoisotopic (exact) mass is 184 g/mol. The van der Waals surface area contributed by atoms with E-state index in [1.807, 2.05) is 0 Å². The van der Waals surface area contributed by atoms with E-state index in [4.69, 9.17) is 9.47 Å². The maximum Gasteiger partial charge on any atom is 0.305 e. The fraction of sp³-hybridized carbons (Fsp3) is 1.00. The predicted octanol–water partition coefficient (Wildman–Crippen LogP) is -0.299. The van der Waals surface area contributed by atoms with E-state index in [2.05, 4.69) is 0 Å². The molecule has 0 bridgehead atoms. The van der Waals surface area contributed by atoms with Gasteiger partial charge in [-0.1, -0.05) is 0 Å². The van der Waals surface area contributed by atoms with Gasteiger partial charge < -0.3 is 9.47 Å². The summed E-state index contributed by atoms with van der Waals surface area (Å²) in [7, 11) is -4.43. The van der Waals surface area contributed by atoms with Crippen LogP contribution in [-0.2, 0) is 19.7 Å². The van der Waals surface area contributed by atoms with Crippen LogP contribution in [-0.4, -0.2) is 40.1 Å². The van der Waals surface area contributed by atoms with Gasteiger partial charge in [-0.3, -0.25) is 0 Å². The minimum Gasteiger partial charge on any atom is -0.376 e. The molecule has 0 aromatic heterocycles. The molecular weight excluding hydrogens is 175 g/mol. The molecule has 0 N–H and O–H groups in total. The summed E-state index contributed by atoms with van der Waals surface area (Å²) in [5, 5.41) is 0. The summed E-state index contributed by atoms with van der Waals surface area (Å²) in [6, 6.07) is 0. The highest BCUT2D eigenvalue weighted by atomic mass is 32.3.